The molecule has 5 heteroatoms. The lowest BCUT2D eigenvalue weighted by Gasteiger charge is -2.13. The highest BCUT2D eigenvalue weighted by atomic mass is 15.1. The Hall–Kier alpha value is -6.07. The lowest BCUT2D eigenvalue weighted by atomic mass is 9.99. The fraction of sp³-hybridized carbons (Fsp3) is 0. The van der Waals surface area contributed by atoms with E-state index in [0.29, 0.717) is 0 Å². The van der Waals surface area contributed by atoms with Crippen molar-refractivity contribution in [3.63, 3.8) is 0 Å². The third kappa shape index (κ3) is 3.69. The van der Waals surface area contributed by atoms with Gasteiger partial charge in [-0.3, -0.25) is 14.5 Å². The number of hydrogen-bond acceptors (Lipinski definition) is 3. The van der Waals surface area contributed by atoms with E-state index in [1.165, 1.54) is 5.39 Å². The third-order valence-corrected chi connectivity index (χ3v) is 8.50. The largest absolute Gasteiger partial charge is 0.308 e. The van der Waals surface area contributed by atoms with E-state index in [0.717, 1.165) is 72.0 Å². The van der Waals surface area contributed by atoms with Crippen molar-refractivity contribution in [2.24, 2.45) is 0 Å². The molecule has 4 aromatic carbocycles. The lowest BCUT2D eigenvalue weighted by molar-refractivity contribution is 1.14. The second-order valence-electron chi connectivity index (χ2n) is 11.0. The van der Waals surface area contributed by atoms with E-state index in [1.54, 1.807) is 0 Å². The number of fused-ring (bicyclic) bond motifs is 7. The van der Waals surface area contributed by atoms with Gasteiger partial charge in [-0.25, -0.2) is 4.98 Å². The summed E-state index contributed by atoms with van der Waals surface area (Å²) in [5.74, 6) is 0. The molecule has 206 valence electrons. The van der Waals surface area contributed by atoms with Crippen LogP contribution < -0.4 is 0 Å². The van der Waals surface area contributed by atoms with Crippen LogP contribution in [-0.2, 0) is 0 Å². The highest BCUT2D eigenvalue weighted by molar-refractivity contribution is 6.25. The van der Waals surface area contributed by atoms with Crippen LogP contribution in [0.5, 0.6) is 0 Å². The van der Waals surface area contributed by atoms with Crippen molar-refractivity contribution in [1.29, 1.82) is 0 Å². The minimum Gasteiger partial charge on any atom is -0.308 e. The Morgan fingerprint density at radius 2 is 1.05 bits per heavy atom. The first-order valence-electron chi connectivity index (χ1n) is 14.7. The summed E-state index contributed by atoms with van der Waals surface area (Å²) in [5.41, 5.74) is 10.8. The first kappa shape index (κ1) is 24.5. The van der Waals surface area contributed by atoms with Crippen molar-refractivity contribution < 1.29 is 0 Å². The van der Waals surface area contributed by atoms with E-state index in [-0.39, 0.29) is 0 Å². The highest BCUT2D eigenvalue weighted by Gasteiger charge is 2.22. The minimum absolute atomic E-state index is 0.916. The molecular formula is C39H25N5. The van der Waals surface area contributed by atoms with Gasteiger partial charge in [0.25, 0.3) is 0 Å². The molecule has 0 bridgehead atoms. The summed E-state index contributed by atoms with van der Waals surface area (Å²) in [6.45, 7) is 0. The molecule has 0 saturated carbocycles. The molecule has 5 aromatic heterocycles. The number of nitrogens with zero attached hydrogens (tertiary/aromatic N) is 5. The van der Waals surface area contributed by atoms with Crippen LogP contribution in [0.3, 0.4) is 0 Å². The fourth-order valence-electron chi connectivity index (χ4n) is 6.60. The molecule has 0 amide bonds. The quantitative estimate of drug-likeness (QED) is 0.214. The molecule has 0 unspecified atom stereocenters. The number of pyridine rings is 3. The number of hydrogen-bond donors (Lipinski definition) is 0. The summed E-state index contributed by atoms with van der Waals surface area (Å²) in [5, 5.41) is 4.62. The summed E-state index contributed by atoms with van der Waals surface area (Å²) in [7, 11) is 0. The normalized spacial score (nSPS) is 11.6. The summed E-state index contributed by atoms with van der Waals surface area (Å²) in [6.07, 6.45) is 9.49. The van der Waals surface area contributed by atoms with Crippen LogP contribution in [0.1, 0.15) is 0 Å². The van der Waals surface area contributed by atoms with Gasteiger partial charge in [-0.1, -0.05) is 66.7 Å². The lowest BCUT2D eigenvalue weighted by Crippen LogP contribution is -1.98. The molecule has 44 heavy (non-hydrogen) atoms. The predicted octanol–water partition coefficient (Wildman–Crippen LogP) is 9.40. The molecule has 0 fully saturated rings. The molecule has 0 aliphatic carbocycles. The van der Waals surface area contributed by atoms with Crippen LogP contribution >= 0.6 is 0 Å². The van der Waals surface area contributed by atoms with E-state index >= 15 is 0 Å². The molecule has 0 saturated heterocycles. The monoisotopic (exact) mass is 563 g/mol. The molecule has 9 aromatic rings. The van der Waals surface area contributed by atoms with Crippen molar-refractivity contribution in [3.8, 4) is 33.6 Å². The molecule has 5 heterocycles. The van der Waals surface area contributed by atoms with Gasteiger partial charge in [0.05, 0.1) is 21.9 Å². The third-order valence-electron chi connectivity index (χ3n) is 8.50. The van der Waals surface area contributed by atoms with Gasteiger partial charge in [0.1, 0.15) is 5.65 Å². The molecule has 0 N–H and O–H groups in total. The topological polar surface area (TPSA) is 48.5 Å². The molecule has 0 radical (unpaired) electrons. The number of rotatable bonds is 4. The maximum absolute atomic E-state index is 5.21. The first-order valence-corrected chi connectivity index (χ1v) is 14.7. The Labute approximate surface area is 253 Å². The first-order chi connectivity index (χ1) is 21.8. The summed E-state index contributed by atoms with van der Waals surface area (Å²) < 4.78 is 4.69. The Morgan fingerprint density at radius 1 is 0.432 bits per heavy atom. The van der Waals surface area contributed by atoms with Crippen molar-refractivity contribution >= 4 is 43.7 Å². The zero-order valence-electron chi connectivity index (χ0n) is 23.7. The zero-order valence-corrected chi connectivity index (χ0v) is 23.7. The summed E-state index contributed by atoms with van der Waals surface area (Å²) in [6, 6.07) is 42.7. The average molecular weight is 564 g/mol. The average Bonchev–Trinajstić information content (AvgIpc) is 3.62. The smallest absolute Gasteiger partial charge is 0.147 e. The molecule has 9 rings (SSSR count). The Morgan fingerprint density at radius 3 is 1.70 bits per heavy atom. The van der Waals surface area contributed by atoms with Crippen molar-refractivity contribution in [1.82, 2.24) is 24.1 Å². The number of para-hydroxylation sites is 3. The zero-order chi connectivity index (χ0) is 29.0. The molecule has 0 aliphatic heterocycles. The minimum atomic E-state index is 0.916. The SMILES string of the molecule is c1ccc(-n2c3ccccc3c3cnc4c(c5ccccc5n4-c4cc(-c5cccnc5)cc(-c5cccnc5)c4)c32)cc1. The van der Waals surface area contributed by atoms with E-state index in [2.05, 4.69) is 128 Å². The van der Waals surface area contributed by atoms with Gasteiger partial charge in [-0.05, 0) is 65.7 Å². The van der Waals surface area contributed by atoms with E-state index < -0.39 is 0 Å². The van der Waals surface area contributed by atoms with Crippen LogP contribution in [0, 0.1) is 0 Å². The van der Waals surface area contributed by atoms with Gasteiger partial charge in [-0.15, -0.1) is 0 Å². The summed E-state index contributed by atoms with van der Waals surface area (Å²) in [4.78, 5) is 14.0. The van der Waals surface area contributed by atoms with E-state index in [9.17, 15) is 0 Å². The number of aromatic nitrogens is 5. The maximum Gasteiger partial charge on any atom is 0.147 e. The highest BCUT2D eigenvalue weighted by Crippen LogP contribution is 2.41. The van der Waals surface area contributed by atoms with Crippen LogP contribution in [0.25, 0.3) is 77.4 Å². The van der Waals surface area contributed by atoms with Crippen molar-refractivity contribution in [2.45, 2.75) is 0 Å². The Bertz CT molecular complexity index is 2420. The van der Waals surface area contributed by atoms with Gasteiger partial charge < -0.3 is 4.57 Å². The second-order valence-corrected chi connectivity index (χ2v) is 11.0. The van der Waals surface area contributed by atoms with Gasteiger partial charge in [0.15, 0.2) is 0 Å². The van der Waals surface area contributed by atoms with Crippen molar-refractivity contribution in [2.75, 3.05) is 0 Å². The van der Waals surface area contributed by atoms with Gasteiger partial charge >= 0.3 is 0 Å². The van der Waals surface area contributed by atoms with E-state index in [1.807, 2.05) is 43.1 Å². The molecule has 0 atom stereocenters. The molecule has 5 nitrogen and oxygen atoms in total. The standard InChI is InChI=1S/C39H25N5/c1-2-12-30(13-3-1)43-35-16-6-4-14-32(35)34-25-42-39-37(38(34)43)33-15-5-7-17-36(33)44(39)31-21-28(26-10-8-18-40-23-26)20-29(22-31)27-11-9-19-41-24-27/h1-25H. The van der Waals surface area contributed by atoms with Crippen molar-refractivity contribution in [3.05, 3.63) is 152 Å². The van der Waals surface area contributed by atoms with Crippen LogP contribution in [0.2, 0.25) is 0 Å². The molecule has 0 spiro atoms. The number of benzene rings is 4. The van der Waals surface area contributed by atoms with Crippen LogP contribution in [0.15, 0.2) is 152 Å². The van der Waals surface area contributed by atoms with Gasteiger partial charge in [0.2, 0.25) is 0 Å². The van der Waals surface area contributed by atoms with E-state index in [4.69, 9.17) is 4.98 Å². The van der Waals surface area contributed by atoms with Gasteiger partial charge in [-0.2, -0.15) is 0 Å². The molecular weight excluding hydrogens is 538 g/mol. The maximum atomic E-state index is 5.21. The van der Waals surface area contributed by atoms with Crippen LogP contribution in [0.4, 0.5) is 0 Å². The fourth-order valence-corrected chi connectivity index (χ4v) is 6.60. The van der Waals surface area contributed by atoms with Gasteiger partial charge in [0, 0.05) is 69.6 Å². The second kappa shape index (κ2) is 9.75. The Kier molecular flexibility index (Phi) is 5.43. The van der Waals surface area contributed by atoms with Crippen LogP contribution in [-0.4, -0.2) is 24.1 Å². The molecule has 0 aliphatic rings. The predicted molar refractivity (Wildman–Crippen MR) is 179 cm³/mol. The Balaban J connectivity index is 1.43. The summed E-state index contributed by atoms with van der Waals surface area (Å²) >= 11 is 0.